The third kappa shape index (κ3) is 3.72. The van der Waals surface area contributed by atoms with Gasteiger partial charge in [0.05, 0.1) is 0 Å². The van der Waals surface area contributed by atoms with Crippen molar-refractivity contribution in [2.45, 2.75) is 45.1 Å². The Kier molecular flexibility index (Phi) is 4.83. The summed E-state index contributed by atoms with van der Waals surface area (Å²) >= 11 is 0. The SMILES string of the molecule is CCCCNC(=NC)NC1CC1c1ccccc1C. The number of hydrogen-bond acceptors (Lipinski definition) is 1. The molecule has 104 valence electrons. The molecule has 0 amide bonds. The van der Waals surface area contributed by atoms with Gasteiger partial charge in [-0.15, -0.1) is 0 Å². The predicted octanol–water partition coefficient (Wildman–Crippen LogP) is 2.82. The van der Waals surface area contributed by atoms with Crippen LogP contribution in [0.2, 0.25) is 0 Å². The van der Waals surface area contributed by atoms with Crippen LogP contribution in [0.5, 0.6) is 0 Å². The number of nitrogens with zero attached hydrogens (tertiary/aromatic N) is 1. The Morgan fingerprint density at radius 1 is 1.37 bits per heavy atom. The van der Waals surface area contributed by atoms with Crippen molar-refractivity contribution in [3.05, 3.63) is 35.4 Å². The van der Waals surface area contributed by atoms with Gasteiger partial charge in [-0.1, -0.05) is 37.6 Å². The lowest BCUT2D eigenvalue weighted by atomic mass is 10.0. The van der Waals surface area contributed by atoms with Gasteiger partial charge in [0.25, 0.3) is 0 Å². The van der Waals surface area contributed by atoms with Crippen molar-refractivity contribution in [2.24, 2.45) is 4.99 Å². The number of aliphatic imine (C=N–C) groups is 1. The van der Waals surface area contributed by atoms with Gasteiger partial charge >= 0.3 is 0 Å². The highest BCUT2D eigenvalue weighted by Crippen LogP contribution is 2.41. The molecule has 0 heterocycles. The minimum absolute atomic E-state index is 0.536. The number of rotatable bonds is 5. The van der Waals surface area contributed by atoms with Crippen LogP contribution in [0.25, 0.3) is 0 Å². The molecule has 1 aromatic carbocycles. The van der Waals surface area contributed by atoms with Gasteiger partial charge in [0.1, 0.15) is 0 Å². The molecule has 2 rings (SSSR count). The lowest BCUT2D eigenvalue weighted by Gasteiger charge is -2.12. The Hall–Kier alpha value is -1.51. The van der Waals surface area contributed by atoms with Gasteiger partial charge in [0.2, 0.25) is 0 Å². The normalized spacial score (nSPS) is 22.2. The molecule has 1 aromatic rings. The van der Waals surface area contributed by atoms with Crippen molar-refractivity contribution in [2.75, 3.05) is 13.6 Å². The summed E-state index contributed by atoms with van der Waals surface area (Å²) in [7, 11) is 1.84. The summed E-state index contributed by atoms with van der Waals surface area (Å²) in [6.45, 7) is 5.39. The minimum Gasteiger partial charge on any atom is -0.356 e. The van der Waals surface area contributed by atoms with Crippen LogP contribution in [0, 0.1) is 6.92 Å². The molecule has 2 N–H and O–H groups in total. The maximum Gasteiger partial charge on any atom is 0.191 e. The van der Waals surface area contributed by atoms with Crippen LogP contribution in [0.15, 0.2) is 29.3 Å². The van der Waals surface area contributed by atoms with Crippen LogP contribution in [0.4, 0.5) is 0 Å². The van der Waals surface area contributed by atoms with E-state index in [9.17, 15) is 0 Å². The van der Waals surface area contributed by atoms with Crippen LogP contribution in [0.1, 0.15) is 43.2 Å². The van der Waals surface area contributed by atoms with Crippen LogP contribution >= 0.6 is 0 Å². The smallest absolute Gasteiger partial charge is 0.191 e. The fourth-order valence-electron chi connectivity index (χ4n) is 2.45. The number of guanidine groups is 1. The number of unbranched alkanes of at least 4 members (excludes halogenated alkanes) is 1. The fourth-order valence-corrected chi connectivity index (χ4v) is 2.45. The standard InChI is InChI=1S/C16H25N3/c1-4-5-10-18-16(17-3)19-15-11-14(15)13-9-7-6-8-12(13)2/h6-9,14-15H,4-5,10-11H2,1-3H3,(H2,17,18,19). The van der Waals surface area contributed by atoms with E-state index in [1.807, 2.05) is 7.05 Å². The summed E-state index contributed by atoms with van der Waals surface area (Å²) in [6, 6.07) is 9.21. The number of benzene rings is 1. The Morgan fingerprint density at radius 3 is 2.84 bits per heavy atom. The Balaban J connectivity index is 1.84. The van der Waals surface area contributed by atoms with Crippen molar-refractivity contribution in [1.82, 2.24) is 10.6 Å². The Bertz CT molecular complexity index is 439. The molecule has 2 unspecified atom stereocenters. The molecule has 0 aliphatic heterocycles. The molecule has 1 aliphatic carbocycles. The minimum atomic E-state index is 0.536. The van der Waals surface area contributed by atoms with Gasteiger partial charge in [0, 0.05) is 25.6 Å². The van der Waals surface area contributed by atoms with Gasteiger partial charge in [-0.3, -0.25) is 4.99 Å². The number of nitrogens with one attached hydrogen (secondary N) is 2. The van der Waals surface area contributed by atoms with E-state index >= 15 is 0 Å². The summed E-state index contributed by atoms with van der Waals surface area (Å²) in [5.74, 6) is 1.58. The first kappa shape index (κ1) is 13.9. The van der Waals surface area contributed by atoms with Crippen LogP contribution in [-0.4, -0.2) is 25.6 Å². The topological polar surface area (TPSA) is 36.4 Å². The summed E-state index contributed by atoms with van der Waals surface area (Å²) in [4.78, 5) is 4.28. The highest BCUT2D eigenvalue weighted by molar-refractivity contribution is 5.80. The van der Waals surface area contributed by atoms with E-state index in [1.165, 1.54) is 30.4 Å². The zero-order chi connectivity index (χ0) is 13.7. The van der Waals surface area contributed by atoms with Gasteiger partial charge in [0.15, 0.2) is 5.96 Å². The molecule has 0 aromatic heterocycles. The van der Waals surface area contributed by atoms with Crippen molar-refractivity contribution in [3.63, 3.8) is 0 Å². The van der Waals surface area contributed by atoms with Gasteiger partial charge in [-0.05, 0) is 30.9 Å². The first-order valence-electron chi connectivity index (χ1n) is 7.29. The molecule has 19 heavy (non-hydrogen) atoms. The molecule has 3 heteroatoms. The third-order valence-electron chi connectivity index (χ3n) is 3.75. The predicted molar refractivity (Wildman–Crippen MR) is 81.7 cm³/mol. The average molecular weight is 259 g/mol. The van der Waals surface area contributed by atoms with E-state index in [0.29, 0.717) is 12.0 Å². The summed E-state index contributed by atoms with van der Waals surface area (Å²) in [6.07, 6.45) is 3.60. The largest absolute Gasteiger partial charge is 0.356 e. The fraction of sp³-hybridized carbons (Fsp3) is 0.562. The maximum absolute atomic E-state index is 4.28. The molecule has 1 aliphatic rings. The van der Waals surface area contributed by atoms with Crippen molar-refractivity contribution >= 4 is 5.96 Å². The highest BCUT2D eigenvalue weighted by atomic mass is 15.2. The second kappa shape index (κ2) is 6.60. The lowest BCUT2D eigenvalue weighted by Crippen LogP contribution is -2.39. The van der Waals surface area contributed by atoms with Gasteiger partial charge in [-0.2, -0.15) is 0 Å². The zero-order valence-electron chi connectivity index (χ0n) is 12.2. The Morgan fingerprint density at radius 2 is 2.16 bits per heavy atom. The molecule has 0 bridgehead atoms. The molecular formula is C16H25N3. The van der Waals surface area contributed by atoms with E-state index in [4.69, 9.17) is 0 Å². The molecule has 0 saturated heterocycles. The van der Waals surface area contributed by atoms with Gasteiger partial charge < -0.3 is 10.6 Å². The lowest BCUT2D eigenvalue weighted by molar-refractivity contribution is 0.724. The second-order valence-electron chi connectivity index (χ2n) is 5.30. The van der Waals surface area contributed by atoms with E-state index < -0.39 is 0 Å². The maximum atomic E-state index is 4.28. The van der Waals surface area contributed by atoms with Crippen LogP contribution in [0.3, 0.4) is 0 Å². The molecule has 0 spiro atoms. The second-order valence-corrected chi connectivity index (χ2v) is 5.30. The first-order valence-corrected chi connectivity index (χ1v) is 7.29. The monoisotopic (exact) mass is 259 g/mol. The molecule has 3 nitrogen and oxygen atoms in total. The van der Waals surface area contributed by atoms with E-state index in [0.717, 1.165) is 12.5 Å². The van der Waals surface area contributed by atoms with Gasteiger partial charge in [-0.25, -0.2) is 0 Å². The van der Waals surface area contributed by atoms with E-state index in [2.05, 4.69) is 53.7 Å². The molecule has 1 fully saturated rings. The van der Waals surface area contributed by atoms with E-state index in [-0.39, 0.29) is 0 Å². The summed E-state index contributed by atoms with van der Waals surface area (Å²) < 4.78 is 0. The first-order chi connectivity index (χ1) is 9.26. The molecule has 1 saturated carbocycles. The highest BCUT2D eigenvalue weighted by Gasteiger charge is 2.39. The van der Waals surface area contributed by atoms with Crippen molar-refractivity contribution in [3.8, 4) is 0 Å². The molecular weight excluding hydrogens is 234 g/mol. The summed E-state index contributed by atoms with van der Waals surface area (Å²) in [5.41, 5.74) is 2.87. The number of hydrogen-bond donors (Lipinski definition) is 2. The molecule has 2 atom stereocenters. The van der Waals surface area contributed by atoms with Crippen LogP contribution < -0.4 is 10.6 Å². The Labute approximate surface area is 116 Å². The quantitative estimate of drug-likeness (QED) is 0.484. The average Bonchev–Trinajstić information content (AvgIpc) is 3.17. The van der Waals surface area contributed by atoms with Crippen molar-refractivity contribution < 1.29 is 0 Å². The molecule has 0 radical (unpaired) electrons. The summed E-state index contributed by atoms with van der Waals surface area (Å²) in [5, 5.41) is 6.88. The van der Waals surface area contributed by atoms with Crippen molar-refractivity contribution in [1.29, 1.82) is 0 Å². The number of aryl methyl sites for hydroxylation is 1. The zero-order valence-corrected chi connectivity index (χ0v) is 12.2. The van der Waals surface area contributed by atoms with Crippen LogP contribution in [-0.2, 0) is 0 Å². The van der Waals surface area contributed by atoms with E-state index in [1.54, 1.807) is 0 Å². The third-order valence-corrected chi connectivity index (χ3v) is 3.75.